The zero-order chi connectivity index (χ0) is 28.1. The van der Waals surface area contributed by atoms with E-state index in [9.17, 15) is 22.6 Å². The summed E-state index contributed by atoms with van der Waals surface area (Å²) in [6.07, 6.45) is 0.821. The molecule has 1 aliphatic rings. The van der Waals surface area contributed by atoms with Crippen LogP contribution in [-0.4, -0.2) is 59.4 Å². The van der Waals surface area contributed by atoms with Crippen LogP contribution in [0.4, 0.5) is 25.1 Å². The number of pyridine rings is 1. The van der Waals surface area contributed by atoms with Gasteiger partial charge in [0.2, 0.25) is 5.92 Å². The number of hydrogen-bond donors (Lipinski definition) is 2. The number of ether oxygens (including phenoxy) is 1. The molecule has 1 saturated heterocycles. The molecular weight excluding hydrogens is 513 g/mol. The molecule has 2 N–H and O–H groups in total. The molecule has 1 unspecified atom stereocenters. The van der Waals surface area contributed by atoms with Gasteiger partial charge in [-0.2, -0.15) is 0 Å². The summed E-state index contributed by atoms with van der Waals surface area (Å²) >= 11 is 0. The van der Waals surface area contributed by atoms with Gasteiger partial charge in [0.05, 0.1) is 5.56 Å². The molecule has 1 aliphatic heterocycles. The van der Waals surface area contributed by atoms with E-state index in [2.05, 4.69) is 15.0 Å². The molecule has 2 aromatic rings. The number of carbonyl (C=O) groups excluding carboxylic acids is 2. The summed E-state index contributed by atoms with van der Waals surface area (Å²) in [4.78, 5) is 31.2. The number of halogens is 2. The summed E-state index contributed by atoms with van der Waals surface area (Å²) in [5.74, 6) is -2.72. The lowest BCUT2D eigenvalue weighted by Gasteiger charge is -2.25. The molecule has 1 atom stereocenters. The summed E-state index contributed by atoms with van der Waals surface area (Å²) in [6, 6.07) is 7.01. The quantitative estimate of drug-likeness (QED) is 0.513. The third-order valence-electron chi connectivity index (χ3n) is 5.96. The van der Waals surface area contributed by atoms with Gasteiger partial charge >= 0.3 is 6.09 Å². The van der Waals surface area contributed by atoms with Crippen LogP contribution in [0.2, 0.25) is 0 Å². The minimum Gasteiger partial charge on any atom is -0.443 e. The monoisotopic (exact) mass is 546 g/mol. The van der Waals surface area contributed by atoms with E-state index in [1.165, 1.54) is 6.20 Å². The highest BCUT2D eigenvalue weighted by Crippen LogP contribution is 2.31. The first-order valence-electron chi connectivity index (χ1n) is 12.4. The Kier molecular flexibility index (Phi) is 9.51. The maximum absolute atomic E-state index is 13.9. The first kappa shape index (κ1) is 29.5. The van der Waals surface area contributed by atoms with Crippen molar-refractivity contribution in [2.45, 2.75) is 64.9 Å². The van der Waals surface area contributed by atoms with Crippen LogP contribution >= 0.6 is 0 Å². The molecule has 38 heavy (non-hydrogen) atoms. The van der Waals surface area contributed by atoms with E-state index >= 15 is 0 Å². The molecule has 0 saturated carbocycles. The average molecular weight is 546 g/mol. The molecule has 8 nitrogen and oxygen atoms in total. The van der Waals surface area contributed by atoms with Crippen LogP contribution in [0.3, 0.4) is 0 Å². The number of rotatable bonds is 7. The number of aromatic nitrogens is 1. The van der Waals surface area contributed by atoms with Crippen LogP contribution < -0.4 is 20.4 Å². The van der Waals surface area contributed by atoms with E-state index in [1.807, 2.05) is 6.07 Å². The Bertz CT molecular complexity index is 1210. The van der Waals surface area contributed by atoms with Gasteiger partial charge < -0.3 is 15.0 Å². The first-order chi connectivity index (χ1) is 17.7. The van der Waals surface area contributed by atoms with Crippen molar-refractivity contribution in [2.24, 2.45) is 0 Å². The van der Waals surface area contributed by atoms with Crippen LogP contribution in [0.25, 0.3) is 0 Å². The Labute approximate surface area is 225 Å². The minimum atomic E-state index is -2.74. The van der Waals surface area contributed by atoms with Crippen molar-refractivity contribution in [1.29, 1.82) is 0 Å². The number of aryl methyl sites for hydroxylation is 1. The van der Waals surface area contributed by atoms with Crippen molar-refractivity contribution in [3.63, 3.8) is 0 Å². The molecule has 0 bridgehead atoms. The lowest BCUT2D eigenvalue weighted by atomic mass is 9.90. The summed E-state index contributed by atoms with van der Waals surface area (Å²) in [7, 11) is 4.39. The fraction of sp³-hybridized carbons (Fsp3) is 0.500. The van der Waals surface area contributed by atoms with Gasteiger partial charge in [0.1, 0.15) is 30.3 Å². The highest BCUT2D eigenvalue weighted by atomic mass is 32.2. The van der Waals surface area contributed by atoms with Gasteiger partial charge in [-0.15, -0.1) is 0 Å². The predicted octanol–water partition coefficient (Wildman–Crippen LogP) is 3.79. The molecule has 2 heterocycles. The van der Waals surface area contributed by atoms with Crippen LogP contribution in [0, 0.1) is 6.92 Å². The molecule has 0 aliphatic carbocycles. The van der Waals surface area contributed by atoms with E-state index in [0.717, 1.165) is 5.56 Å². The van der Waals surface area contributed by atoms with Gasteiger partial charge in [-0.05, 0) is 63.8 Å². The van der Waals surface area contributed by atoms with E-state index in [1.54, 1.807) is 50.8 Å². The van der Waals surface area contributed by atoms with Crippen molar-refractivity contribution in [2.75, 3.05) is 29.1 Å². The number of carbonyl (C=O) groups is 2. The van der Waals surface area contributed by atoms with Gasteiger partial charge in [-0.25, -0.2) is 27.5 Å². The number of nitrogens with zero attached hydrogens (tertiary/aromatic N) is 2. The second-order valence-corrected chi connectivity index (χ2v) is 11.6. The topological polar surface area (TPSA) is 101 Å². The maximum atomic E-state index is 13.9. The Balaban J connectivity index is 1.70. The number of amides is 2. The Morgan fingerprint density at radius 1 is 1.24 bits per heavy atom. The molecule has 1 aromatic carbocycles. The Morgan fingerprint density at radius 3 is 2.68 bits per heavy atom. The van der Waals surface area contributed by atoms with Gasteiger partial charge in [0.25, 0.3) is 5.91 Å². The third-order valence-corrected chi connectivity index (χ3v) is 6.93. The highest BCUT2D eigenvalue weighted by Gasteiger charge is 2.33. The van der Waals surface area contributed by atoms with Crippen LogP contribution in [0.5, 0.6) is 0 Å². The standard InChI is InChI=1S/C26H33BF2N4O4S/c1-17-20(27)16-30-22(33-12-6-10-26(28,29)11-13-33)21(17)23(34)31-19-8-5-7-18(15-19)9-14-38(36)32-24(35)37-25(2,3)4/h5,7-8,15-16H,6,9-14H2,1-4H3,(H,31,34)(H,32,35). The summed E-state index contributed by atoms with van der Waals surface area (Å²) < 4.78 is 47.5. The molecule has 204 valence electrons. The van der Waals surface area contributed by atoms with Crippen molar-refractivity contribution in [3.05, 3.63) is 47.2 Å². The van der Waals surface area contributed by atoms with Gasteiger partial charge in [-0.3, -0.25) is 4.79 Å². The molecule has 12 heteroatoms. The molecule has 1 fully saturated rings. The summed E-state index contributed by atoms with van der Waals surface area (Å²) in [6.45, 7) is 7.28. The van der Waals surface area contributed by atoms with Crippen LogP contribution in [-0.2, 0) is 22.1 Å². The largest absolute Gasteiger partial charge is 0.443 e. The Hall–Kier alpha value is -3.02. The van der Waals surface area contributed by atoms with Gasteiger partial charge in [0, 0.05) is 43.6 Å². The van der Waals surface area contributed by atoms with E-state index in [0.29, 0.717) is 35.5 Å². The molecule has 2 amide bonds. The van der Waals surface area contributed by atoms with Gasteiger partial charge in [0.15, 0.2) is 0 Å². The number of alkyl halides is 2. The molecule has 1 aromatic heterocycles. The van der Waals surface area contributed by atoms with Crippen molar-refractivity contribution < 1.29 is 27.3 Å². The second-order valence-electron chi connectivity index (χ2n) is 10.3. The second kappa shape index (κ2) is 12.2. The van der Waals surface area contributed by atoms with Crippen molar-refractivity contribution in [1.82, 2.24) is 9.71 Å². The lowest BCUT2D eigenvalue weighted by Crippen LogP contribution is -2.34. The average Bonchev–Trinajstić information content (AvgIpc) is 2.98. The zero-order valence-corrected chi connectivity index (χ0v) is 22.9. The zero-order valence-electron chi connectivity index (χ0n) is 22.1. The first-order valence-corrected chi connectivity index (χ1v) is 13.7. The summed E-state index contributed by atoms with van der Waals surface area (Å²) in [5, 5.41) is 2.85. The van der Waals surface area contributed by atoms with Crippen molar-refractivity contribution >= 4 is 47.8 Å². The smallest absolute Gasteiger partial charge is 0.419 e. The molecular formula is C26H33BF2N4O4S. The number of anilines is 2. The normalized spacial score (nSPS) is 16.3. The van der Waals surface area contributed by atoms with Crippen molar-refractivity contribution in [3.8, 4) is 0 Å². The van der Waals surface area contributed by atoms with Gasteiger partial charge in [-0.1, -0.05) is 17.6 Å². The maximum Gasteiger partial charge on any atom is 0.419 e. The molecule has 2 radical (unpaired) electrons. The number of nitrogens with one attached hydrogen (secondary N) is 2. The van der Waals surface area contributed by atoms with Crippen LogP contribution in [0.1, 0.15) is 61.5 Å². The van der Waals surface area contributed by atoms with E-state index < -0.39 is 34.5 Å². The fourth-order valence-corrected chi connectivity index (χ4v) is 4.79. The van der Waals surface area contributed by atoms with E-state index in [-0.39, 0.29) is 37.1 Å². The van der Waals surface area contributed by atoms with Crippen LogP contribution in [0.15, 0.2) is 30.5 Å². The van der Waals surface area contributed by atoms with E-state index in [4.69, 9.17) is 12.6 Å². The molecule has 0 spiro atoms. The predicted molar refractivity (Wildman–Crippen MR) is 146 cm³/mol. The SMILES string of the molecule is [B]c1cnc(N2CCCC(F)(F)CC2)c(C(=O)Nc2cccc(CCS(=O)NC(=O)OC(C)(C)C)c2)c1C. The fourth-order valence-electron chi connectivity index (χ4n) is 4.04. The lowest BCUT2D eigenvalue weighted by molar-refractivity contribution is -0.0102. The highest BCUT2D eigenvalue weighted by molar-refractivity contribution is 7.83. The summed E-state index contributed by atoms with van der Waals surface area (Å²) in [5.41, 5.74) is 1.67. The minimum absolute atomic E-state index is 0.0770. The third kappa shape index (κ3) is 8.51. The molecule has 3 rings (SSSR count). The Morgan fingerprint density at radius 2 is 1.97 bits per heavy atom. The number of benzene rings is 1. The number of hydrogen-bond acceptors (Lipinski definition) is 6.